The third-order valence-electron chi connectivity index (χ3n) is 3.75. The fourth-order valence-electron chi connectivity index (χ4n) is 2.35. The van der Waals surface area contributed by atoms with Crippen LogP contribution in [0.15, 0.2) is 54.6 Å². The Morgan fingerprint density at radius 3 is 2.29 bits per heavy atom. The number of hydrogen-bond acceptors (Lipinski definition) is 2. The van der Waals surface area contributed by atoms with Crippen LogP contribution in [0.2, 0.25) is 0 Å². The Balaban J connectivity index is 1.94. The highest BCUT2D eigenvalue weighted by atomic mass is 16.5. The van der Waals surface area contributed by atoms with E-state index in [1.54, 1.807) is 0 Å². The maximum absolute atomic E-state index is 6.26. The van der Waals surface area contributed by atoms with Crippen LogP contribution in [0.25, 0.3) is 0 Å². The second kappa shape index (κ2) is 7.84. The van der Waals surface area contributed by atoms with Gasteiger partial charge in [0.25, 0.3) is 0 Å². The van der Waals surface area contributed by atoms with E-state index >= 15 is 0 Å². The van der Waals surface area contributed by atoms with E-state index in [9.17, 15) is 0 Å². The summed E-state index contributed by atoms with van der Waals surface area (Å²) in [5.41, 5.74) is 8.72. The summed E-state index contributed by atoms with van der Waals surface area (Å²) in [6.07, 6.45) is 3.53. The number of unbranched alkanes of at least 4 members (excludes halogenated alkanes) is 1. The molecule has 0 bridgehead atoms. The van der Waals surface area contributed by atoms with Gasteiger partial charge in [0.05, 0.1) is 6.04 Å². The molecule has 2 aromatic rings. The Labute approximate surface area is 127 Å². The molecule has 0 aliphatic rings. The van der Waals surface area contributed by atoms with E-state index in [2.05, 4.69) is 19.1 Å². The van der Waals surface area contributed by atoms with Crippen LogP contribution >= 0.6 is 0 Å². The molecule has 2 aromatic carbocycles. The summed E-state index contributed by atoms with van der Waals surface area (Å²) in [7, 11) is 0. The summed E-state index contributed by atoms with van der Waals surface area (Å²) < 4.78 is 5.96. The molecule has 0 aromatic heterocycles. The number of hydrogen-bond donors (Lipinski definition) is 1. The summed E-state index contributed by atoms with van der Waals surface area (Å²) in [6.45, 7) is 4.23. The van der Waals surface area contributed by atoms with Crippen molar-refractivity contribution in [1.29, 1.82) is 0 Å². The molecule has 0 heterocycles. The third kappa shape index (κ3) is 4.61. The number of rotatable bonds is 7. The van der Waals surface area contributed by atoms with Gasteiger partial charge in [-0.2, -0.15) is 0 Å². The molecule has 0 saturated carbocycles. The van der Waals surface area contributed by atoms with Crippen LogP contribution in [0.3, 0.4) is 0 Å². The van der Waals surface area contributed by atoms with Gasteiger partial charge in [0.1, 0.15) is 11.9 Å². The predicted molar refractivity (Wildman–Crippen MR) is 88.5 cm³/mol. The molecule has 0 aliphatic heterocycles. The first-order valence-corrected chi connectivity index (χ1v) is 7.77. The van der Waals surface area contributed by atoms with Crippen molar-refractivity contribution in [3.63, 3.8) is 0 Å². The summed E-state index contributed by atoms with van der Waals surface area (Å²) in [6, 6.07) is 18.3. The Bertz CT molecular complexity index is 521. The van der Waals surface area contributed by atoms with Gasteiger partial charge in [0, 0.05) is 0 Å². The number of ether oxygens (including phenoxy) is 1. The zero-order chi connectivity index (χ0) is 15.1. The van der Waals surface area contributed by atoms with Crippen LogP contribution in [-0.2, 0) is 6.42 Å². The molecule has 2 atom stereocenters. The fourth-order valence-corrected chi connectivity index (χ4v) is 2.35. The average Bonchev–Trinajstić information content (AvgIpc) is 2.54. The lowest BCUT2D eigenvalue weighted by Crippen LogP contribution is -2.28. The van der Waals surface area contributed by atoms with Crippen LogP contribution in [0, 0.1) is 0 Å². The quantitative estimate of drug-likeness (QED) is 0.812. The third-order valence-corrected chi connectivity index (χ3v) is 3.75. The first-order valence-electron chi connectivity index (χ1n) is 7.77. The van der Waals surface area contributed by atoms with Crippen molar-refractivity contribution >= 4 is 0 Å². The van der Waals surface area contributed by atoms with Crippen LogP contribution in [0.4, 0.5) is 0 Å². The largest absolute Gasteiger partial charge is 0.489 e. The van der Waals surface area contributed by atoms with Crippen LogP contribution in [0.5, 0.6) is 5.75 Å². The van der Waals surface area contributed by atoms with Crippen LogP contribution < -0.4 is 10.5 Å². The van der Waals surface area contributed by atoms with Crippen LogP contribution in [0.1, 0.15) is 43.9 Å². The average molecular weight is 283 g/mol. The van der Waals surface area contributed by atoms with E-state index in [1.807, 2.05) is 49.4 Å². The SMILES string of the molecule is CCCCc1ccc(OC(C)C(N)c2ccccc2)cc1. The molecule has 0 saturated heterocycles. The van der Waals surface area contributed by atoms with Gasteiger partial charge in [-0.15, -0.1) is 0 Å². The van der Waals surface area contributed by atoms with Crippen molar-refractivity contribution in [2.75, 3.05) is 0 Å². The highest BCUT2D eigenvalue weighted by Gasteiger charge is 2.16. The molecule has 2 rings (SSSR count). The minimum atomic E-state index is -0.119. The summed E-state index contributed by atoms with van der Waals surface area (Å²) in [4.78, 5) is 0. The molecule has 0 aliphatic carbocycles. The monoisotopic (exact) mass is 283 g/mol. The molecule has 0 amide bonds. The maximum atomic E-state index is 6.26. The molecule has 2 unspecified atom stereocenters. The van der Waals surface area contributed by atoms with Gasteiger partial charge in [-0.05, 0) is 43.0 Å². The Morgan fingerprint density at radius 2 is 1.67 bits per heavy atom. The first kappa shape index (κ1) is 15.6. The lowest BCUT2D eigenvalue weighted by atomic mass is 10.0. The van der Waals surface area contributed by atoms with Gasteiger partial charge in [-0.3, -0.25) is 0 Å². The van der Waals surface area contributed by atoms with Gasteiger partial charge >= 0.3 is 0 Å². The minimum Gasteiger partial charge on any atom is -0.489 e. The minimum absolute atomic E-state index is 0.0612. The van der Waals surface area contributed by atoms with Crippen molar-refractivity contribution in [3.8, 4) is 5.75 Å². The van der Waals surface area contributed by atoms with Gasteiger partial charge in [0.15, 0.2) is 0 Å². The van der Waals surface area contributed by atoms with E-state index in [4.69, 9.17) is 10.5 Å². The summed E-state index contributed by atoms with van der Waals surface area (Å²) >= 11 is 0. The summed E-state index contributed by atoms with van der Waals surface area (Å²) in [5, 5.41) is 0. The van der Waals surface area contributed by atoms with Crippen molar-refractivity contribution in [2.24, 2.45) is 5.73 Å². The fraction of sp³-hybridized carbons (Fsp3) is 0.368. The summed E-state index contributed by atoms with van der Waals surface area (Å²) in [5.74, 6) is 0.883. The van der Waals surface area contributed by atoms with Gasteiger partial charge in [-0.25, -0.2) is 0 Å². The maximum Gasteiger partial charge on any atom is 0.119 e. The second-order valence-corrected chi connectivity index (χ2v) is 5.51. The van der Waals surface area contributed by atoms with E-state index in [0.29, 0.717) is 0 Å². The van der Waals surface area contributed by atoms with Gasteiger partial charge in [-0.1, -0.05) is 55.8 Å². The first-order chi connectivity index (χ1) is 10.2. The van der Waals surface area contributed by atoms with Crippen molar-refractivity contribution in [3.05, 3.63) is 65.7 Å². The zero-order valence-corrected chi connectivity index (χ0v) is 13.0. The lowest BCUT2D eigenvalue weighted by Gasteiger charge is -2.22. The van der Waals surface area contributed by atoms with Gasteiger partial charge < -0.3 is 10.5 Å². The molecule has 2 heteroatoms. The number of nitrogens with two attached hydrogens (primary N) is 1. The molecule has 21 heavy (non-hydrogen) atoms. The molecular formula is C19H25NO. The molecule has 2 N–H and O–H groups in total. The van der Waals surface area contributed by atoms with E-state index in [0.717, 1.165) is 17.7 Å². The Kier molecular flexibility index (Phi) is 5.82. The highest BCUT2D eigenvalue weighted by Crippen LogP contribution is 2.21. The standard InChI is InChI=1S/C19H25NO/c1-3-4-8-16-11-13-18(14-12-16)21-15(2)19(20)17-9-6-5-7-10-17/h5-7,9-15,19H,3-4,8,20H2,1-2H3. The van der Waals surface area contributed by atoms with Gasteiger partial charge in [0.2, 0.25) is 0 Å². The van der Waals surface area contributed by atoms with Crippen molar-refractivity contribution < 1.29 is 4.74 Å². The molecule has 0 spiro atoms. The topological polar surface area (TPSA) is 35.2 Å². The predicted octanol–water partition coefficient (Wildman–Crippen LogP) is 4.50. The van der Waals surface area contributed by atoms with Crippen LogP contribution in [-0.4, -0.2) is 6.10 Å². The lowest BCUT2D eigenvalue weighted by molar-refractivity contribution is 0.190. The second-order valence-electron chi connectivity index (χ2n) is 5.51. The Hall–Kier alpha value is -1.80. The normalized spacial score (nSPS) is 13.7. The van der Waals surface area contributed by atoms with E-state index < -0.39 is 0 Å². The smallest absolute Gasteiger partial charge is 0.119 e. The molecular weight excluding hydrogens is 258 g/mol. The van der Waals surface area contributed by atoms with E-state index in [1.165, 1.54) is 18.4 Å². The highest BCUT2D eigenvalue weighted by molar-refractivity contribution is 5.28. The number of benzene rings is 2. The molecule has 2 nitrogen and oxygen atoms in total. The molecule has 0 fully saturated rings. The van der Waals surface area contributed by atoms with E-state index in [-0.39, 0.29) is 12.1 Å². The van der Waals surface area contributed by atoms with Crippen molar-refractivity contribution in [1.82, 2.24) is 0 Å². The molecule has 112 valence electrons. The zero-order valence-electron chi connectivity index (χ0n) is 13.0. The molecule has 0 radical (unpaired) electrons. The Morgan fingerprint density at radius 1 is 1.00 bits per heavy atom. The number of aryl methyl sites for hydroxylation is 1. The van der Waals surface area contributed by atoms with Crippen molar-refractivity contribution in [2.45, 2.75) is 45.3 Å².